The zero-order chi connectivity index (χ0) is 13.9. The molecule has 0 bridgehead atoms. The van der Waals surface area contributed by atoms with Crippen LogP contribution in [0.5, 0.6) is 0 Å². The number of hydrogen-bond acceptors (Lipinski definition) is 2. The maximum absolute atomic E-state index is 13.3. The topological polar surface area (TPSA) is 21.3 Å². The molecule has 106 valence electrons. The van der Waals surface area contributed by atoms with E-state index in [-0.39, 0.29) is 17.5 Å². The fraction of sp³-hybridized carbons (Fsp3) is 0.600. The molecule has 0 spiro atoms. The van der Waals surface area contributed by atoms with E-state index in [0.29, 0.717) is 11.4 Å². The lowest BCUT2D eigenvalue weighted by atomic mass is 9.88. The predicted molar refractivity (Wildman–Crippen MR) is 76.2 cm³/mol. The molecular formula is C15H21ClFNO. The molecule has 1 aliphatic heterocycles. The van der Waals surface area contributed by atoms with Gasteiger partial charge in [-0.3, -0.25) is 0 Å². The minimum Gasteiger partial charge on any atom is -0.374 e. The van der Waals surface area contributed by atoms with Crippen LogP contribution in [0.4, 0.5) is 4.39 Å². The molecule has 1 fully saturated rings. The first-order chi connectivity index (χ1) is 9.05. The Morgan fingerprint density at radius 3 is 2.95 bits per heavy atom. The highest BCUT2D eigenvalue weighted by molar-refractivity contribution is 6.31. The van der Waals surface area contributed by atoms with E-state index in [1.807, 2.05) is 0 Å². The summed E-state index contributed by atoms with van der Waals surface area (Å²) in [6, 6.07) is 4.68. The van der Waals surface area contributed by atoms with Crippen LogP contribution in [0.2, 0.25) is 5.02 Å². The van der Waals surface area contributed by atoms with Crippen LogP contribution in [0, 0.1) is 5.82 Å². The van der Waals surface area contributed by atoms with Gasteiger partial charge >= 0.3 is 0 Å². The lowest BCUT2D eigenvalue weighted by Gasteiger charge is -2.34. The van der Waals surface area contributed by atoms with Crippen LogP contribution < -0.4 is 5.32 Å². The minimum atomic E-state index is -0.243. The number of benzene rings is 1. The molecule has 1 aromatic rings. The highest BCUT2D eigenvalue weighted by Crippen LogP contribution is 2.31. The van der Waals surface area contributed by atoms with Gasteiger partial charge in [0.1, 0.15) is 5.82 Å². The molecule has 0 radical (unpaired) electrons. The standard InChI is InChI=1S/C15H21ClFNO/c1-3-18-14(15(2)7-4-8-19-15)10-11-9-12(17)5-6-13(11)16/h5-6,9,14,18H,3-4,7-8,10H2,1-2H3. The molecule has 4 heteroatoms. The molecule has 19 heavy (non-hydrogen) atoms. The van der Waals surface area contributed by atoms with Crippen LogP contribution in [0.3, 0.4) is 0 Å². The number of halogens is 2. The molecule has 0 aliphatic carbocycles. The van der Waals surface area contributed by atoms with Gasteiger partial charge in [-0.15, -0.1) is 0 Å². The van der Waals surface area contributed by atoms with Crippen molar-refractivity contribution in [2.24, 2.45) is 0 Å². The van der Waals surface area contributed by atoms with Crippen molar-refractivity contribution in [3.63, 3.8) is 0 Å². The smallest absolute Gasteiger partial charge is 0.123 e. The molecule has 2 rings (SSSR count). The molecule has 1 heterocycles. The summed E-state index contributed by atoms with van der Waals surface area (Å²) in [7, 11) is 0. The van der Waals surface area contributed by atoms with Gasteiger partial charge in [-0.2, -0.15) is 0 Å². The third kappa shape index (κ3) is 3.47. The van der Waals surface area contributed by atoms with Crippen LogP contribution in [-0.2, 0) is 11.2 Å². The van der Waals surface area contributed by atoms with Crippen molar-refractivity contribution in [2.75, 3.05) is 13.2 Å². The van der Waals surface area contributed by atoms with Crippen molar-refractivity contribution < 1.29 is 9.13 Å². The van der Waals surface area contributed by atoms with Crippen molar-refractivity contribution in [2.45, 2.75) is 44.8 Å². The fourth-order valence-corrected chi connectivity index (χ4v) is 2.94. The number of ether oxygens (including phenoxy) is 1. The van der Waals surface area contributed by atoms with Crippen molar-refractivity contribution in [3.8, 4) is 0 Å². The Balaban J connectivity index is 2.18. The molecule has 2 unspecified atom stereocenters. The lowest BCUT2D eigenvalue weighted by Crippen LogP contribution is -2.49. The highest BCUT2D eigenvalue weighted by atomic mass is 35.5. The molecule has 0 aromatic heterocycles. The predicted octanol–water partition coefficient (Wildman–Crippen LogP) is 3.57. The van der Waals surface area contributed by atoms with Crippen molar-refractivity contribution in [1.29, 1.82) is 0 Å². The maximum atomic E-state index is 13.3. The Morgan fingerprint density at radius 1 is 1.53 bits per heavy atom. The van der Waals surface area contributed by atoms with Gasteiger partial charge in [-0.1, -0.05) is 18.5 Å². The van der Waals surface area contributed by atoms with Crippen molar-refractivity contribution >= 4 is 11.6 Å². The number of rotatable bonds is 5. The molecular weight excluding hydrogens is 265 g/mol. The van der Waals surface area contributed by atoms with E-state index in [0.717, 1.165) is 31.6 Å². The Bertz CT molecular complexity index is 432. The molecule has 1 aromatic carbocycles. The van der Waals surface area contributed by atoms with E-state index in [1.54, 1.807) is 6.07 Å². The summed E-state index contributed by atoms with van der Waals surface area (Å²) in [5.74, 6) is -0.243. The largest absolute Gasteiger partial charge is 0.374 e. The monoisotopic (exact) mass is 285 g/mol. The summed E-state index contributed by atoms with van der Waals surface area (Å²) in [6.07, 6.45) is 2.79. The Labute approximate surface area is 119 Å². The summed E-state index contributed by atoms with van der Waals surface area (Å²) in [5, 5.41) is 4.07. The third-order valence-corrected chi connectivity index (χ3v) is 4.24. The van der Waals surface area contributed by atoms with Crippen LogP contribution in [0.15, 0.2) is 18.2 Å². The summed E-state index contributed by atoms with van der Waals surface area (Å²) in [6.45, 7) is 5.85. The average molecular weight is 286 g/mol. The van der Waals surface area contributed by atoms with E-state index in [9.17, 15) is 4.39 Å². The molecule has 1 aliphatic rings. The maximum Gasteiger partial charge on any atom is 0.123 e. The molecule has 0 amide bonds. The zero-order valence-electron chi connectivity index (χ0n) is 11.5. The Kier molecular flexibility index (Phi) is 4.82. The van der Waals surface area contributed by atoms with Crippen LogP contribution in [-0.4, -0.2) is 24.8 Å². The number of hydrogen-bond donors (Lipinski definition) is 1. The Morgan fingerprint density at radius 2 is 2.32 bits per heavy atom. The normalized spacial score (nSPS) is 24.6. The van der Waals surface area contributed by atoms with E-state index >= 15 is 0 Å². The second-order valence-corrected chi connectivity index (χ2v) is 5.72. The molecule has 2 atom stereocenters. The lowest BCUT2D eigenvalue weighted by molar-refractivity contribution is -0.0110. The second-order valence-electron chi connectivity index (χ2n) is 5.31. The van der Waals surface area contributed by atoms with E-state index in [4.69, 9.17) is 16.3 Å². The van der Waals surface area contributed by atoms with Gasteiger partial charge in [0, 0.05) is 17.7 Å². The number of nitrogens with one attached hydrogen (secondary N) is 1. The molecule has 0 saturated carbocycles. The second kappa shape index (κ2) is 6.21. The van der Waals surface area contributed by atoms with Gasteiger partial charge in [-0.05, 0) is 56.5 Å². The first-order valence-corrected chi connectivity index (χ1v) is 7.24. The highest BCUT2D eigenvalue weighted by Gasteiger charge is 2.38. The van der Waals surface area contributed by atoms with Gasteiger partial charge in [0.05, 0.1) is 5.60 Å². The first-order valence-electron chi connectivity index (χ1n) is 6.86. The van der Waals surface area contributed by atoms with Gasteiger partial charge < -0.3 is 10.1 Å². The SMILES string of the molecule is CCNC(Cc1cc(F)ccc1Cl)C1(C)CCCO1. The van der Waals surface area contributed by atoms with Crippen molar-refractivity contribution in [3.05, 3.63) is 34.6 Å². The van der Waals surface area contributed by atoms with E-state index in [1.165, 1.54) is 12.1 Å². The summed E-state index contributed by atoms with van der Waals surface area (Å²) >= 11 is 6.16. The van der Waals surface area contributed by atoms with Gasteiger partial charge in [0.2, 0.25) is 0 Å². The van der Waals surface area contributed by atoms with E-state index in [2.05, 4.69) is 19.2 Å². The first kappa shape index (κ1) is 14.8. The minimum absolute atomic E-state index is 0.152. The van der Waals surface area contributed by atoms with Gasteiger partial charge in [0.15, 0.2) is 0 Å². The molecule has 2 nitrogen and oxygen atoms in total. The van der Waals surface area contributed by atoms with E-state index < -0.39 is 0 Å². The van der Waals surface area contributed by atoms with Gasteiger partial charge in [0.25, 0.3) is 0 Å². The quantitative estimate of drug-likeness (QED) is 0.893. The van der Waals surface area contributed by atoms with Crippen LogP contribution in [0.1, 0.15) is 32.3 Å². The summed E-state index contributed by atoms with van der Waals surface area (Å²) in [5.41, 5.74) is 0.649. The van der Waals surface area contributed by atoms with Crippen LogP contribution >= 0.6 is 11.6 Å². The third-order valence-electron chi connectivity index (χ3n) is 3.87. The molecule has 1 saturated heterocycles. The Hall–Kier alpha value is -0.640. The van der Waals surface area contributed by atoms with Gasteiger partial charge in [-0.25, -0.2) is 4.39 Å². The fourth-order valence-electron chi connectivity index (χ4n) is 2.75. The summed E-state index contributed by atoms with van der Waals surface area (Å²) < 4.78 is 19.2. The zero-order valence-corrected chi connectivity index (χ0v) is 12.3. The molecule has 1 N–H and O–H groups in total. The van der Waals surface area contributed by atoms with Crippen molar-refractivity contribution in [1.82, 2.24) is 5.32 Å². The summed E-state index contributed by atoms with van der Waals surface area (Å²) in [4.78, 5) is 0. The van der Waals surface area contributed by atoms with Crippen LogP contribution in [0.25, 0.3) is 0 Å². The average Bonchev–Trinajstić information content (AvgIpc) is 2.81. The number of likely N-dealkylation sites (N-methyl/N-ethyl adjacent to an activating group) is 1.